The Hall–Kier alpha value is -1.59. The van der Waals surface area contributed by atoms with Gasteiger partial charge in [-0.05, 0) is 31.2 Å². The number of amides is 1. The van der Waals surface area contributed by atoms with Crippen LogP contribution in [0, 0.1) is 0 Å². The minimum absolute atomic E-state index is 0.305. The van der Waals surface area contributed by atoms with Gasteiger partial charge in [-0.1, -0.05) is 12.1 Å². The van der Waals surface area contributed by atoms with Gasteiger partial charge in [0.1, 0.15) is 0 Å². The Morgan fingerprint density at radius 2 is 1.79 bits per heavy atom. The van der Waals surface area contributed by atoms with Crippen molar-refractivity contribution in [2.75, 3.05) is 65.3 Å². The van der Waals surface area contributed by atoms with Gasteiger partial charge in [0.2, 0.25) is 5.91 Å². The number of carbonyl (C=O) groups excluding carboxylic acids is 1. The summed E-state index contributed by atoms with van der Waals surface area (Å²) >= 11 is 0. The fourth-order valence-electron chi connectivity index (χ4n) is 3.71. The summed E-state index contributed by atoms with van der Waals surface area (Å²) in [6.07, 6.45) is 1.45. The number of likely N-dealkylation sites (N-methyl/N-ethyl adjacent to an activating group) is 1. The van der Waals surface area contributed by atoms with Gasteiger partial charge < -0.3 is 14.7 Å². The Bertz CT molecular complexity index is 557. The summed E-state index contributed by atoms with van der Waals surface area (Å²) in [5.74, 6) is 0.305. The average Bonchev–Trinajstić information content (AvgIpc) is 2.59. The van der Waals surface area contributed by atoms with Gasteiger partial charge in [0.25, 0.3) is 0 Å². The van der Waals surface area contributed by atoms with E-state index in [0.717, 1.165) is 45.7 Å². The van der Waals surface area contributed by atoms with Crippen molar-refractivity contribution < 1.29 is 4.79 Å². The van der Waals surface area contributed by atoms with Crippen molar-refractivity contribution in [3.63, 3.8) is 0 Å². The van der Waals surface area contributed by atoms with E-state index in [1.807, 2.05) is 14.1 Å². The number of anilines is 1. The fourth-order valence-corrected chi connectivity index (χ4v) is 3.71. The first-order valence-corrected chi connectivity index (χ1v) is 8.99. The molecule has 1 aromatic carbocycles. The molecule has 132 valence electrons. The molecule has 0 saturated carbocycles. The number of rotatable bonds is 4. The minimum Gasteiger partial charge on any atom is -0.378 e. The van der Waals surface area contributed by atoms with E-state index in [2.05, 4.69) is 50.9 Å². The molecule has 2 aliphatic rings. The maximum Gasteiger partial charge on any atom is 0.222 e. The third kappa shape index (κ3) is 4.08. The third-order valence-electron chi connectivity index (χ3n) is 5.33. The van der Waals surface area contributed by atoms with Gasteiger partial charge in [-0.15, -0.1) is 0 Å². The normalized spacial score (nSPS) is 22.3. The maximum atomic E-state index is 12.6. The summed E-state index contributed by atoms with van der Waals surface area (Å²) in [6.45, 7) is 6.17. The Labute approximate surface area is 145 Å². The van der Waals surface area contributed by atoms with Crippen LogP contribution in [0.3, 0.4) is 0 Å². The Morgan fingerprint density at radius 1 is 1.08 bits per heavy atom. The molecule has 0 aromatic heterocycles. The van der Waals surface area contributed by atoms with Crippen molar-refractivity contribution in [3.05, 3.63) is 29.8 Å². The van der Waals surface area contributed by atoms with Crippen LogP contribution in [0.2, 0.25) is 0 Å². The number of hydrogen-bond donors (Lipinski definition) is 0. The van der Waals surface area contributed by atoms with Crippen molar-refractivity contribution in [1.82, 2.24) is 14.7 Å². The molecule has 0 aliphatic carbocycles. The van der Waals surface area contributed by atoms with E-state index in [4.69, 9.17) is 0 Å². The van der Waals surface area contributed by atoms with Crippen molar-refractivity contribution in [2.24, 2.45) is 0 Å². The van der Waals surface area contributed by atoms with Crippen molar-refractivity contribution in [3.8, 4) is 0 Å². The van der Waals surface area contributed by atoms with Crippen molar-refractivity contribution in [2.45, 2.75) is 18.9 Å². The Morgan fingerprint density at radius 3 is 2.50 bits per heavy atom. The third-order valence-corrected chi connectivity index (χ3v) is 5.33. The zero-order valence-corrected chi connectivity index (χ0v) is 15.2. The molecule has 24 heavy (non-hydrogen) atoms. The van der Waals surface area contributed by atoms with E-state index < -0.39 is 0 Å². The van der Waals surface area contributed by atoms with E-state index in [1.54, 1.807) is 0 Å². The molecular weight excluding hydrogens is 300 g/mol. The molecule has 2 saturated heterocycles. The number of hydrogen-bond acceptors (Lipinski definition) is 4. The van der Waals surface area contributed by atoms with Gasteiger partial charge >= 0.3 is 0 Å². The molecule has 1 aromatic rings. The maximum absolute atomic E-state index is 12.6. The molecule has 5 heteroatoms. The standard InChI is InChI=1S/C19H30N4O/c1-20(2)17-7-4-16(5-8-17)6-9-19(24)23-13-12-22-11-10-21(3)14-18(22)15-23/h4-5,7-8,18H,6,9-15H2,1-3H3/t18-/m0/s1. The molecule has 0 radical (unpaired) electrons. The largest absolute Gasteiger partial charge is 0.378 e. The van der Waals surface area contributed by atoms with E-state index >= 15 is 0 Å². The van der Waals surface area contributed by atoms with Crippen LogP contribution < -0.4 is 4.90 Å². The molecule has 0 unspecified atom stereocenters. The molecule has 1 atom stereocenters. The van der Waals surface area contributed by atoms with Gasteiger partial charge in [0.05, 0.1) is 0 Å². The molecule has 2 aliphatic heterocycles. The van der Waals surface area contributed by atoms with Crippen LogP contribution in [0.4, 0.5) is 5.69 Å². The molecule has 0 spiro atoms. The molecule has 0 N–H and O–H groups in total. The number of benzene rings is 1. The summed E-state index contributed by atoms with van der Waals surface area (Å²) in [5, 5.41) is 0. The number of nitrogens with zero attached hydrogens (tertiary/aromatic N) is 4. The number of aryl methyl sites for hydroxylation is 1. The smallest absolute Gasteiger partial charge is 0.222 e. The fraction of sp³-hybridized carbons (Fsp3) is 0.632. The van der Waals surface area contributed by atoms with Gasteiger partial charge in [-0.3, -0.25) is 9.69 Å². The van der Waals surface area contributed by atoms with Crippen LogP contribution in [0.25, 0.3) is 0 Å². The predicted octanol–water partition coefficient (Wildman–Crippen LogP) is 1.14. The zero-order chi connectivity index (χ0) is 17.1. The lowest BCUT2D eigenvalue weighted by atomic mass is 10.1. The van der Waals surface area contributed by atoms with Gasteiger partial charge in [-0.25, -0.2) is 0 Å². The lowest BCUT2D eigenvalue weighted by Crippen LogP contribution is -2.62. The molecule has 2 fully saturated rings. The minimum atomic E-state index is 0.305. The second-order valence-corrected chi connectivity index (χ2v) is 7.35. The molecule has 1 amide bonds. The molecule has 3 rings (SSSR count). The Kier molecular flexibility index (Phi) is 5.41. The zero-order valence-electron chi connectivity index (χ0n) is 15.2. The summed E-state index contributed by atoms with van der Waals surface area (Å²) in [4.78, 5) is 21.7. The van der Waals surface area contributed by atoms with Crippen LogP contribution in [0.1, 0.15) is 12.0 Å². The number of carbonyl (C=O) groups is 1. The van der Waals surface area contributed by atoms with Crippen molar-refractivity contribution in [1.29, 1.82) is 0 Å². The highest BCUT2D eigenvalue weighted by Crippen LogP contribution is 2.17. The first-order chi connectivity index (χ1) is 11.5. The summed E-state index contributed by atoms with van der Waals surface area (Å²) in [5.41, 5.74) is 2.44. The van der Waals surface area contributed by atoms with Gasteiger partial charge in [-0.2, -0.15) is 0 Å². The van der Waals surface area contributed by atoms with Crippen LogP contribution in [-0.4, -0.2) is 87.1 Å². The second-order valence-electron chi connectivity index (χ2n) is 7.35. The van der Waals surface area contributed by atoms with Crippen LogP contribution in [0.15, 0.2) is 24.3 Å². The van der Waals surface area contributed by atoms with E-state index in [9.17, 15) is 4.79 Å². The van der Waals surface area contributed by atoms with Crippen LogP contribution in [0.5, 0.6) is 0 Å². The predicted molar refractivity (Wildman–Crippen MR) is 98.5 cm³/mol. The molecular formula is C19H30N4O. The summed E-state index contributed by atoms with van der Waals surface area (Å²) in [6, 6.07) is 9.03. The molecule has 2 heterocycles. The van der Waals surface area contributed by atoms with E-state index in [1.165, 1.54) is 11.3 Å². The van der Waals surface area contributed by atoms with Crippen LogP contribution >= 0.6 is 0 Å². The van der Waals surface area contributed by atoms with Gasteiger partial charge in [0, 0.05) is 71.5 Å². The first kappa shape index (κ1) is 17.2. The lowest BCUT2D eigenvalue weighted by Gasteiger charge is -2.46. The van der Waals surface area contributed by atoms with E-state index in [-0.39, 0.29) is 0 Å². The van der Waals surface area contributed by atoms with E-state index in [0.29, 0.717) is 18.4 Å². The summed E-state index contributed by atoms with van der Waals surface area (Å²) < 4.78 is 0. The highest BCUT2D eigenvalue weighted by Gasteiger charge is 2.32. The molecule has 0 bridgehead atoms. The van der Waals surface area contributed by atoms with Crippen LogP contribution in [-0.2, 0) is 11.2 Å². The summed E-state index contributed by atoms with van der Waals surface area (Å²) in [7, 11) is 6.26. The second kappa shape index (κ2) is 7.53. The van der Waals surface area contributed by atoms with Crippen molar-refractivity contribution >= 4 is 11.6 Å². The topological polar surface area (TPSA) is 30.0 Å². The monoisotopic (exact) mass is 330 g/mol. The average molecular weight is 330 g/mol. The molecule has 5 nitrogen and oxygen atoms in total. The lowest BCUT2D eigenvalue weighted by molar-refractivity contribution is -0.135. The number of fused-ring (bicyclic) bond motifs is 1. The van der Waals surface area contributed by atoms with Gasteiger partial charge in [0.15, 0.2) is 0 Å². The SMILES string of the molecule is CN1CCN2CCN(C(=O)CCc3ccc(N(C)C)cc3)C[C@@H]2C1. The number of piperazine rings is 2. The Balaban J connectivity index is 1.50. The first-order valence-electron chi connectivity index (χ1n) is 8.99. The quantitative estimate of drug-likeness (QED) is 0.828. The highest BCUT2D eigenvalue weighted by atomic mass is 16.2. The highest BCUT2D eigenvalue weighted by molar-refractivity contribution is 5.76.